The number of alkyl halides is 6. The summed E-state index contributed by atoms with van der Waals surface area (Å²) >= 11 is 1.13. The van der Waals surface area contributed by atoms with E-state index in [2.05, 4.69) is 4.74 Å². The molecule has 2 aromatic carbocycles. The van der Waals surface area contributed by atoms with Crippen molar-refractivity contribution in [3.05, 3.63) is 92.9 Å². The van der Waals surface area contributed by atoms with Crippen molar-refractivity contribution in [3.8, 4) is 5.75 Å². The molecule has 2 aliphatic heterocycles. The SMILES string of the molecule is COC(=O)OC(C)Oc1c2n(ccc1=O)N([C@@H]1c3ccccc3SCc3c1cccc3C(F)(F)F)CN([C@H](C)C(F)(F)F)C2=O. The number of carbonyl (C=O) groups is 2. The molecule has 9 nitrogen and oxygen atoms in total. The molecule has 0 aliphatic carbocycles. The van der Waals surface area contributed by atoms with Gasteiger partial charge in [-0.05, 0) is 35.7 Å². The molecule has 5 rings (SSSR count). The third-order valence-corrected chi connectivity index (χ3v) is 8.54. The maximum absolute atomic E-state index is 14.2. The molecule has 0 N–H and O–H groups in total. The van der Waals surface area contributed by atoms with E-state index in [0.717, 1.165) is 48.8 Å². The number of nitrogens with zero attached hydrogens (tertiary/aromatic N) is 3. The van der Waals surface area contributed by atoms with Crippen LogP contribution in [-0.2, 0) is 21.4 Å². The number of ether oxygens (including phenoxy) is 3. The van der Waals surface area contributed by atoms with Gasteiger partial charge < -0.3 is 19.1 Å². The summed E-state index contributed by atoms with van der Waals surface area (Å²) in [5.74, 6) is -2.07. The van der Waals surface area contributed by atoms with Gasteiger partial charge in [0.05, 0.1) is 18.7 Å². The summed E-state index contributed by atoms with van der Waals surface area (Å²) in [7, 11) is 1.01. The van der Waals surface area contributed by atoms with Gasteiger partial charge in [-0.2, -0.15) is 26.3 Å². The monoisotopic (exact) mass is 657 g/mol. The highest BCUT2D eigenvalue weighted by Gasteiger charge is 2.48. The zero-order valence-corrected chi connectivity index (χ0v) is 24.6. The lowest BCUT2D eigenvalue weighted by Crippen LogP contribution is -2.60. The van der Waals surface area contributed by atoms with E-state index in [-0.39, 0.29) is 16.9 Å². The number of halogens is 6. The molecular formula is C29H25F6N3O6S. The van der Waals surface area contributed by atoms with Crippen LogP contribution >= 0.6 is 11.8 Å². The third-order valence-electron chi connectivity index (χ3n) is 7.42. The zero-order chi connectivity index (χ0) is 32.8. The lowest BCUT2D eigenvalue weighted by atomic mass is 9.91. The first-order chi connectivity index (χ1) is 21.1. The Balaban J connectivity index is 1.78. The number of hydrogen-bond acceptors (Lipinski definition) is 8. The highest BCUT2D eigenvalue weighted by atomic mass is 32.2. The molecular weight excluding hydrogens is 632 g/mol. The lowest BCUT2D eigenvalue weighted by molar-refractivity contribution is -0.173. The summed E-state index contributed by atoms with van der Waals surface area (Å²) in [5, 5.41) is 1.28. The number of pyridine rings is 1. The van der Waals surface area contributed by atoms with Gasteiger partial charge in [-0.15, -0.1) is 11.8 Å². The van der Waals surface area contributed by atoms with E-state index in [1.807, 2.05) is 0 Å². The molecule has 2 aliphatic rings. The van der Waals surface area contributed by atoms with E-state index in [9.17, 15) is 40.7 Å². The number of fused-ring (bicyclic) bond motifs is 3. The van der Waals surface area contributed by atoms with Crippen molar-refractivity contribution in [3.63, 3.8) is 0 Å². The predicted octanol–water partition coefficient (Wildman–Crippen LogP) is 6.07. The van der Waals surface area contributed by atoms with Gasteiger partial charge in [0, 0.05) is 29.8 Å². The number of thioether (sulfide) groups is 1. The summed E-state index contributed by atoms with van der Waals surface area (Å²) in [5.41, 5.74) is -1.95. The first-order valence-electron chi connectivity index (χ1n) is 13.4. The highest BCUT2D eigenvalue weighted by Crippen LogP contribution is 2.46. The number of rotatable bonds is 5. The Hall–Kier alpha value is -4.34. The second kappa shape index (κ2) is 11.9. The fourth-order valence-electron chi connectivity index (χ4n) is 5.28. The quantitative estimate of drug-likeness (QED) is 0.186. The van der Waals surface area contributed by atoms with E-state index < -0.39 is 71.9 Å². The van der Waals surface area contributed by atoms with Gasteiger partial charge in [0.25, 0.3) is 5.91 Å². The Bertz CT molecular complexity index is 1690. The van der Waals surface area contributed by atoms with Crippen LogP contribution in [0.25, 0.3) is 0 Å². The molecule has 3 aromatic rings. The Morgan fingerprint density at radius 2 is 1.67 bits per heavy atom. The molecule has 0 saturated carbocycles. The van der Waals surface area contributed by atoms with Gasteiger partial charge in [-0.3, -0.25) is 19.3 Å². The van der Waals surface area contributed by atoms with Crippen LogP contribution in [0.2, 0.25) is 0 Å². The second-order valence-corrected chi connectivity index (χ2v) is 11.2. The van der Waals surface area contributed by atoms with Gasteiger partial charge in [-0.25, -0.2) is 4.79 Å². The van der Waals surface area contributed by atoms with Crippen molar-refractivity contribution < 1.29 is 50.1 Å². The molecule has 0 saturated heterocycles. The summed E-state index contributed by atoms with van der Waals surface area (Å²) in [6.07, 6.45) is -11.2. The molecule has 0 spiro atoms. The molecule has 1 unspecified atom stereocenters. The molecule has 3 atom stereocenters. The highest BCUT2D eigenvalue weighted by molar-refractivity contribution is 7.98. The number of methoxy groups -OCH3 is 1. The maximum atomic E-state index is 14.2. The summed E-state index contributed by atoms with van der Waals surface area (Å²) in [6.45, 7) is 1.21. The van der Waals surface area contributed by atoms with E-state index in [0.29, 0.717) is 15.4 Å². The largest absolute Gasteiger partial charge is 0.511 e. The fraction of sp³-hybridized carbons (Fsp3) is 0.345. The van der Waals surface area contributed by atoms with Crippen molar-refractivity contribution in [2.75, 3.05) is 18.8 Å². The first-order valence-corrected chi connectivity index (χ1v) is 14.3. The van der Waals surface area contributed by atoms with Crippen LogP contribution < -0.4 is 15.2 Å². The predicted molar refractivity (Wildman–Crippen MR) is 148 cm³/mol. The van der Waals surface area contributed by atoms with E-state index in [1.165, 1.54) is 24.1 Å². The molecule has 0 bridgehead atoms. The lowest BCUT2D eigenvalue weighted by Gasteiger charge is -2.46. The standard InChI is InChI=1S/C29H25F6N3O6S/c1-15(28(30,31)32)36-14-38(37-12-11-21(39)25(24(37)26(36)40)43-16(2)44-27(41)42-3)23-17-8-6-9-20(29(33,34)35)19(17)13-45-22-10-5-4-7-18(22)23/h4-12,15-16,23H,13-14H2,1-3H3/t15-,16?,23+/m1/s1. The van der Waals surface area contributed by atoms with Gasteiger partial charge in [0.15, 0.2) is 5.69 Å². The number of hydrogen-bond donors (Lipinski definition) is 0. The molecule has 1 amide bonds. The Labute approximate surface area is 256 Å². The average Bonchev–Trinajstić information content (AvgIpc) is 3.14. The Morgan fingerprint density at radius 1 is 0.978 bits per heavy atom. The minimum atomic E-state index is -4.92. The molecule has 0 radical (unpaired) electrons. The van der Waals surface area contributed by atoms with Crippen LogP contribution in [0.5, 0.6) is 5.75 Å². The van der Waals surface area contributed by atoms with Crippen LogP contribution in [0.15, 0.2) is 64.4 Å². The minimum absolute atomic E-state index is 0.0808. The molecule has 240 valence electrons. The van der Waals surface area contributed by atoms with Crippen molar-refractivity contribution >= 4 is 23.8 Å². The Kier molecular flexibility index (Phi) is 8.46. The third kappa shape index (κ3) is 6.02. The van der Waals surface area contributed by atoms with E-state index in [1.54, 1.807) is 24.3 Å². The first kappa shape index (κ1) is 32.1. The van der Waals surface area contributed by atoms with Gasteiger partial charge >= 0.3 is 18.5 Å². The summed E-state index contributed by atoms with van der Waals surface area (Å²) in [4.78, 5) is 39.5. The molecule has 3 heterocycles. The normalized spacial score (nSPS) is 17.8. The van der Waals surface area contributed by atoms with Crippen molar-refractivity contribution in [2.24, 2.45) is 0 Å². The van der Waals surface area contributed by atoms with Crippen LogP contribution in [0.4, 0.5) is 31.1 Å². The number of benzene rings is 2. The van der Waals surface area contributed by atoms with E-state index >= 15 is 0 Å². The molecule has 1 aromatic heterocycles. The Morgan fingerprint density at radius 3 is 2.33 bits per heavy atom. The van der Waals surface area contributed by atoms with Gasteiger partial charge in [0.1, 0.15) is 12.7 Å². The molecule has 45 heavy (non-hydrogen) atoms. The van der Waals surface area contributed by atoms with Gasteiger partial charge in [0.2, 0.25) is 17.5 Å². The zero-order valence-electron chi connectivity index (χ0n) is 23.8. The van der Waals surface area contributed by atoms with E-state index in [4.69, 9.17) is 9.47 Å². The number of amides is 1. The minimum Gasteiger partial charge on any atom is -0.448 e. The number of aromatic nitrogens is 1. The van der Waals surface area contributed by atoms with Crippen molar-refractivity contribution in [1.29, 1.82) is 0 Å². The maximum Gasteiger partial charge on any atom is 0.511 e. The van der Waals surface area contributed by atoms with Crippen molar-refractivity contribution in [2.45, 2.75) is 55.2 Å². The second-order valence-electron chi connectivity index (χ2n) is 10.1. The smallest absolute Gasteiger partial charge is 0.448 e. The molecule has 16 heteroatoms. The van der Waals surface area contributed by atoms with Crippen LogP contribution in [0.1, 0.15) is 52.6 Å². The summed E-state index contributed by atoms with van der Waals surface area (Å²) < 4.78 is 101. The van der Waals surface area contributed by atoms with Crippen LogP contribution in [0, 0.1) is 0 Å². The fourth-order valence-corrected chi connectivity index (χ4v) is 6.42. The van der Waals surface area contributed by atoms with Gasteiger partial charge in [-0.1, -0.05) is 30.3 Å². The van der Waals surface area contributed by atoms with Crippen LogP contribution in [0.3, 0.4) is 0 Å². The average molecular weight is 658 g/mol. The summed E-state index contributed by atoms with van der Waals surface area (Å²) in [6, 6.07) is 7.69. The van der Waals surface area contributed by atoms with Crippen molar-refractivity contribution in [1.82, 2.24) is 9.58 Å². The molecule has 0 fully saturated rings. The number of carbonyl (C=O) groups excluding carboxylic acids is 2. The van der Waals surface area contributed by atoms with Crippen LogP contribution in [-0.4, -0.2) is 53.9 Å². The topological polar surface area (TPSA) is 90.3 Å².